The van der Waals surface area contributed by atoms with Gasteiger partial charge in [-0.3, -0.25) is 9.10 Å². The number of nitrogens with zero attached hydrogens (tertiary/aromatic N) is 2. The second-order valence-corrected chi connectivity index (χ2v) is 9.67. The molecule has 1 N–H and O–H groups in total. The number of ether oxygens (including phenoxy) is 1. The van der Waals surface area contributed by atoms with Gasteiger partial charge in [-0.15, -0.1) is 0 Å². The highest BCUT2D eigenvalue weighted by molar-refractivity contribution is 7.92. The van der Waals surface area contributed by atoms with Gasteiger partial charge in [-0.1, -0.05) is 31.2 Å². The summed E-state index contributed by atoms with van der Waals surface area (Å²) >= 11 is 0. The molecule has 0 aromatic heterocycles. The first-order valence-electron chi connectivity index (χ1n) is 11.0. The predicted octanol–water partition coefficient (Wildman–Crippen LogP) is 4.44. The Hall–Kier alpha value is -3.65. The molecular formula is C26H29N3O4S. The lowest BCUT2D eigenvalue weighted by molar-refractivity contribution is -0.119. The Kier molecular flexibility index (Phi) is 8.43. The van der Waals surface area contributed by atoms with Gasteiger partial charge in [0.1, 0.15) is 12.3 Å². The number of anilines is 1. The van der Waals surface area contributed by atoms with Crippen LogP contribution in [0.25, 0.3) is 0 Å². The van der Waals surface area contributed by atoms with E-state index in [-0.39, 0.29) is 4.90 Å². The number of carbonyl (C=O) groups excluding carboxylic acids is 1. The molecule has 8 heteroatoms. The second kappa shape index (κ2) is 11.5. The number of hydrazone groups is 1. The second-order valence-electron chi connectivity index (χ2n) is 7.80. The first-order chi connectivity index (χ1) is 16.3. The lowest BCUT2D eigenvalue weighted by Gasteiger charge is -2.24. The van der Waals surface area contributed by atoms with Crippen LogP contribution in [0.3, 0.4) is 0 Å². The molecule has 0 aliphatic heterocycles. The number of carbonyl (C=O) groups is 1. The summed E-state index contributed by atoms with van der Waals surface area (Å²) in [6, 6.07) is 20.6. The molecule has 3 rings (SSSR count). The van der Waals surface area contributed by atoms with Gasteiger partial charge in [0.15, 0.2) is 0 Å². The molecule has 0 bridgehead atoms. The average molecular weight is 480 g/mol. The van der Waals surface area contributed by atoms with E-state index in [9.17, 15) is 13.2 Å². The third-order valence-electron chi connectivity index (χ3n) is 5.15. The van der Waals surface area contributed by atoms with Gasteiger partial charge in [0.2, 0.25) is 0 Å². The van der Waals surface area contributed by atoms with E-state index in [0.717, 1.165) is 33.2 Å². The highest BCUT2D eigenvalue weighted by Gasteiger charge is 2.27. The van der Waals surface area contributed by atoms with Crippen LogP contribution in [0.1, 0.15) is 30.0 Å². The Labute approximate surface area is 201 Å². The van der Waals surface area contributed by atoms with E-state index in [1.165, 1.54) is 18.3 Å². The Balaban J connectivity index is 1.76. The molecular weight excluding hydrogens is 450 g/mol. The van der Waals surface area contributed by atoms with Crippen LogP contribution in [-0.2, 0) is 14.8 Å². The molecule has 3 aromatic rings. The lowest BCUT2D eigenvalue weighted by Crippen LogP contribution is -2.39. The number of rotatable bonds is 10. The minimum Gasteiger partial charge on any atom is -0.494 e. The summed E-state index contributed by atoms with van der Waals surface area (Å²) in [5.41, 5.74) is 5.56. The Morgan fingerprint density at radius 1 is 1.00 bits per heavy atom. The Morgan fingerprint density at radius 3 is 2.35 bits per heavy atom. The number of benzene rings is 3. The zero-order chi connectivity index (χ0) is 24.6. The maximum absolute atomic E-state index is 13.4. The fourth-order valence-corrected chi connectivity index (χ4v) is 4.56. The van der Waals surface area contributed by atoms with Crippen LogP contribution in [0.15, 0.2) is 82.8 Å². The molecule has 7 nitrogen and oxygen atoms in total. The van der Waals surface area contributed by atoms with Gasteiger partial charge in [-0.2, -0.15) is 5.10 Å². The minimum atomic E-state index is -3.96. The Morgan fingerprint density at radius 2 is 1.71 bits per heavy atom. The van der Waals surface area contributed by atoms with Crippen LogP contribution in [0.2, 0.25) is 0 Å². The largest absolute Gasteiger partial charge is 0.494 e. The van der Waals surface area contributed by atoms with Gasteiger partial charge in [-0.05, 0) is 85.5 Å². The highest BCUT2D eigenvalue weighted by atomic mass is 32.2. The van der Waals surface area contributed by atoms with Crippen molar-refractivity contribution in [3.8, 4) is 5.75 Å². The van der Waals surface area contributed by atoms with E-state index in [1.807, 2.05) is 51.1 Å². The molecule has 0 radical (unpaired) electrons. The quantitative estimate of drug-likeness (QED) is 0.344. The molecule has 0 heterocycles. The summed E-state index contributed by atoms with van der Waals surface area (Å²) in [6.07, 6.45) is 2.42. The van der Waals surface area contributed by atoms with Crippen molar-refractivity contribution < 1.29 is 17.9 Å². The van der Waals surface area contributed by atoms with Crippen molar-refractivity contribution in [3.05, 3.63) is 89.5 Å². The predicted molar refractivity (Wildman–Crippen MR) is 135 cm³/mol. The van der Waals surface area contributed by atoms with E-state index in [0.29, 0.717) is 12.3 Å². The van der Waals surface area contributed by atoms with Gasteiger partial charge in [-0.25, -0.2) is 13.8 Å². The summed E-state index contributed by atoms with van der Waals surface area (Å²) in [4.78, 5) is 12.8. The molecule has 0 fully saturated rings. The molecule has 0 spiro atoms. The molecule has 0 aliphatic carbocycles. The number of aryl methyl sites for hydroxylation is 2. The molecule has 1 amide bonds. The van der Waals surface area contributed by atoms with Crippen molar-refractivity contribution in [3.63, 3.8) is 0 Å². The summed E-state index contributed by atoms with van der Waals surface area (Å²) in [5, 5.41) is 3.98. The van der Waals surface area contributed by atoms with E-state index in [4.69, 9.17) is 4.74 Å². The number of sulfonamides is 1. The zero-order valence-electron chi connectivity index (χ0n) is 19.6. The van der Waals surface area contributed by atoms with Crippen LogP contribution in [0.5, 0.6) is 5.75 Å². The zero-order valence-corrected chi connectivity index (χ0v) is 20.4. The molecule has 178 valence electrons. The van der Waals surface area contributed by atoms with Gasteiger partial charge in [0, 0.05) is 0 Å². The molecule has 0 aliphatic rings. The summed E-state index contributed by atoms with van der Waals surface area (Å²) in [5.74, 6) is 0.204. The summed E-state index contributed by atoms with van der Waals surface area (Å²) in [7, 11) is -3.96. The molecule has 3 aromatic carbocycles. The van der Waals surface area contributed by atoms with Crippen LogP contribution < -0.4 is 14.5 Å². The van der Waals surface area contributed by atoms with Gasteiger partial charge in [0.25, 0.3) is 15.9 Å². The van der Waals surface area contributed by atoms with Crippen molar-refractivity contribution in [2.75, 3.05) is 17.5 Å². The summed E-state index contributed by atoms with van der Waals surface area (Å²) in [6.45, 7) is 6.11. The fraction of sp³-hybridized carbons (Fsp3) is 0.231. The third-order valence-corrected chi connectivity index (χ3v) is 6.94. The monoisotopic (exact) mass is 479 g/mol. The molecule has 0 saturated carbocycles. The fourth-order valence-electron chi connectivity index (χ4n) is 3.13. The van der Waals surface area contributed by atoms with Crippen molar-refractivity contribution in [1.82, 2.24) is 5.43 Å². The van der Waals surface area contributed by atoms with Gasteiger partial charge in [0.05, 0.1) is 23.4 Å². The number of amides is 1. The smallest absolute Gasteiger partial charge is 0.264 e. The highest BCUT2D eigenvalue weighted by Crippen LogP contribution is 2.25. The van der Waals surface area contributed by atoms with Crippen LogP contribution >= 0.6 is 0 Å². The summed E-state index contributed by atoms with van der Waals surface area (Å²) < 4.78 is 33.4. The van der Waals surface area contributed by atoms with Crippen molar-refractivity contribution in [2.45, 2.75) is 32.1 Å². The topological polar surface area (TPSA) is 88.1 Å². The standard InChI is InChI=1S/C26H29N3O4S/c1-4-16-33-24-14-11-22(12-15-24)18-27-28-26(30)19-29(23-13-10-20(2)21(3)17-23)34(31,32)25-8-6-5-7-9-25/h5-15,17-18H,4,16,19H2,1-3H3,(H,28,30)/b27-18-. The third kappa shape index (κ3) is 6.45. The van der Waals surface area contributed by atoms with Crippen LogP contribution in [0.4, 0.5) is 5.69 Å². The average Bonchev–Trinajstić information content (AvgIpc) is 2.84. The van der Waals surface area contributed by atoms with Gasteiger partial charge >= 0.3 is 0 Å². The normalized spacial score (nSPS) is 11.4. The Bertz CT molecular complexity index is 1240. The van der Waals surface area contributed by atoms with E-state index in [1.54, 1.807) is 30.3 Å². The van der Waals surface area contributed by atoms with Crippen molar-refractivity contribution >= 4 is 27.8 Å². The molecule has 0 saturated heterocycles. The lowest BCUT2D eigenvalue weighted by atomic mass is 10.1. The minimum absolute atomic E-state index is 0.106. The van der Waals surface area contributed by atoms with Gasteiger partial charge < -0.3 is 4.74 Å². The van der Waals surface area contributed by atoms with Crippen molar-refractivity contribution in [2.24, 2.45) is 5.10 Å². The van der Waals surface area contributed by atoms with Crippen molar-refractivity contribution in [1.29, 1.82) is 0 Å². The van der Waals surface area contributed by atoms with E-state index < -0.39 is 22.5 Å². The van der Waals surface area contributed by atoms with E-state index in [2.05, 4.69) is 10.5 Å². The first kappa shape index (κ1) is 25.0. The molecule has 34 heavy (non-hydrogen) atoms. The maximum Gasteiger partial charge on any atom is 0.264 e. The number of hydrogen-bond donors (Lipinski definition) is 1. The molecule has 0 atom stereocenters. The molecule has 0 unspecified atom stereocenters. The first-order valence-corrected chi connectivity index (χ1v) is 12.4. The number of nitrogens with one attached hydrogen (secondary N) is 1. The SMILES string of the molecule is CCCOc1ccc(/C=N\NC(=O)CN(c2ccc(C)c(C)c2)S(=O)(=O)c2ccccc2)cc1. The maximum atomic E-state index is 13.4. The van der Waals surface area contributed by atoms with Crippen LogP contribution in [-0.4, -0.2) is 33.7 Å². The van der Waals surface area contributed by atoms with E-state index >= 15 is 0 Å². The number of hydrogen-bond acceptors (Lipinski definition) is 5. The van der Waals surface area contributed by atoms with Crippen LogP contribution in [0, 0.1) is 13.8 Å².